The van der Waals surface area contributed by atoms with Crippen LogP contribution in [0.15, 0.2) is 53.9 Å². The van der Waals surface area contributed by atoms with Crippen molar-refractivity contribution in [1.29, 1.82) is 0 Å². The van der Waals surface area contributed by atoms with Gasteiger partial charge in [0.1, 0.15) is 0 Å². The number of carbonyl (C=O) groups excluding carboxylic acids is 1. The Labute approximate surface area is 187 Å². The molecule has 4 rings (SSSR count). The molecule has 7 heteroatoms. The normalized spacial score (nSPS) is 15.9. The van der Waals surface area contributed by atoms with Gasteiger partial charge in [0, 0.05) is 41.8 Å². The first kappa shape index (κ1) is 21.5. The van der Waals surface area contributed by atoms with Crippen molar-refractivity contribution in [1.82, 2.24) is 20.0 Å². The minimum Gasteiger partial charge on any atom is -0.379 e. The Bertz CT molecular complexity index is 1020. The van der Waals surface area contributed by atoms with E-state index < -0.39 is 0 Å². The van der Waals surface area contributed by atoms with Gasteiger partial charge in [0.15, 0.2) is 0 Å². The molecule has 0 saturated carbocycles. The maximum absolute atomic E-state index is 12.6. The van der Waals surface area contributed by atoms with Crippen LogP contribution in [0, 0.1) is 13.8 Å². The van der Waals surface area contributed by atoms with Crippen LogP contribution in [-0.2, 0) is 9.53 Å². The molecule has 1 N–H and O–H groups in total. The van der Waals surface area contributed by atoms with Crippen molar-refractivity contribution in [2.45, 2.75) is 19.9 Å². The van der Waals surface area contributed by atoms with E-state index in [0.717, 1.165) is 48.9 Å². The fraction of sp³-hybridized carbons (Fsp3) is 0.333. The molecule has 0 radical (unpaired) electrons. The fourth-order valence-corrected chi connectivity index (χ4v) is 4.77. The van der Waals surface area contributed by atoms with E-state index in [1.165, 1.54) is 4.88 Å². The maximum Gasteiger partial charge on any atom is 0.244 e. The third-order valence-corrected chi connectivity index (χ3v) is 6.55. The molecule has 2 aromatic heterocycles. The zero-order chi connectivity index (χ0) is 21.6. The van der Waals surface area contributed by atoms with Gasteiger partial charge >= 0.3 is 0 Å². The summed E-state index contributed by atoms with van der Waals surface area (Å²) in [7, 11) is 0. The number of amides is 1. The Morgan fingerprint density at radius 1 is 1.19 bits per heavy atom. The summed E-state index contributed by atoms with van der Waals surface area (Å²) in [4.78, 5) is 16.3. The summed E-state index contributed by atoms with van der Waals surface area (Å²) in [6.45, 7) is 7.80. The summed E-state index contributed by atoms with van der Waals surface area (Å²) in [5, 5.41) is 9.82. The van der Waals surface area contributed by atoms with Gasteiger partial charge in [-0.05, 0) is 43.5 Å². The van der Waals surface area contributed by atoms with E-state index in [2.05, 4.69) is 32.8 Å². The zero-order valence-corrected chi connectivity index (χ0v) is 18.8. The molecule has 1 saturated heterocycles. The number of para-hydroxylation sites is 1. The molecule has 1 unspecified atom stereocenters. The number of hydrogen-bond acceptors (Lipinski definition) is 5. The third-order valence-electron chi connectivity index (χ3n) is 5.58. The average Bonchev–Trinajstić information content (AvgIpc) is 3.42. The highest BCUT2D eigenvalue weighted by atomic mass is 32.1. The standard InChI is InChI=1S/C24H28N4O2S/c1-18-21(19(2)28(26-18)20-7-4-3-5-8-20)10-11-24(29)25-17-22(23-9-6-16-31-23)27-12-14-30-15-13-27/h3-11,16,22H,12-15,17H2,1-2H3,(H,25,29)/b11-10+. The van der Waals surface area contributed by atoms with Gasteiger partial charge in [-0.1, -0.05) is 24.3 Å². The van der Waals surface area contributed by atoms with Crippen molar-refractivity contribution >= 4 is 23.3 Å². The van der Waals surface area contributed by atoms with Crippen molar-refractivity contribution < 1.29 is 9.53 Å². The molecule has 31 heavy (non-hydrogen) atoms. The molecule has 3 heterocycles. The Morgan fingerprint density at radius 2 is 1.97 bits per heavy atom. The topological polar surface area (TPSA) is 59.4 Å². The molecule has 1 aliphatic heterocycles. The molecular weight excluding hydrogens is 408 g/mol. The van der Waals surface area contributed by atoms with Crippen molar-refractivity contribution in [3.05, 3.63) is 75.7 Å². The van der Waals surface area contributed by atoms with Crippen LogP contribution < -0.4 is 5.32 Å². The van der Waals surface area contributed by atoms with Crippen molar-refractivity contribution in [3.8, 4) is 5.69 Å². The van der Waals surface area contributed by atoms with Gasteiger partial charge in [-0.15, -0.1) is 11.3 Å². The summed E-state index contributed by atoms with van der Waals surface area (Å²) in [6.07, 6.45) is 3.47. The number of thiophene rings is 1. The van der Waals surface area contributed by atoms with E-state index in [0.29, 0.717) is 6.54 Å². The van der Waals surface area contributed by atoms with Gasteiger partial charge in [-0.3, -0.25) is 9.69 Å². The van der Waals surface area contributed by atoms with E-state index in [4.69, 9.17) is 4.74 Å². The van der Waals surface area contributed by atoms with E-state index in [-0.39, 0.29) is 11.9 Å². The second kappa shape index (κ2) is 10.0. The minimum atomic E-state index is -0.0962. The molecule has 6 nitrogen and oxygen atoms in total. The molecule has 3 aromatic rings. The monoisotopic (exact) mass is 436 g/mol. The van der Waals surface area contributed by atoms with Crippen LogP contribution >= 0.6 is 11.3 Å². The number of ether oxygens (including phenoxy) is 1. The second-order valence-corrected chi connectivity index (χ2v) is 8.57. The first-order chi connectivity index (χ1) is 15.1. The van der Waals surface area contributed by atoms with Gasteiger partial charge < -0.3 is 10.1 Å². The lowest BCUT2D eigenvalue weighted by Gasteiger charge is -2.34. The maximum atomic E-state index is 12.6. The van der Waals surface area contributed by atoms with Gasteiger partial charge in [0.2, 0.25) is 5.91 Å². The molecule has 0 bridgehead atoms. The van der Waals surface area contributed by atoms with Crippen LogP contribution in [-0.4, -0.2) is 53.4 Å². The van der Waals surface area contributed by atoms with Gasteiger partial charge in [0.25, 0.3) is 0 Å². The lowest BCUT2D eigenvalue weighted by atomic mass is 10.1. The van der Waals surface area contributed by atoms with E-state index in [9.17, 15) is 4.79 Å². The lowest BCUT2D eigenvalue weighted by Crippen LogP contribution is -2.43. The molecule has 162 valence electrons. The highest BCUT2D eigenvalue weighted by Gasteiger charge is 2.23. The number of hydrogen-bond donors (Lipinski definition) is 1. The highest BCUT2D eigenvalue weighted by molar-refractivity contribution is 7.10. The van der Waals surface area contributed by atoms with E-state index in [1.54, 1.807) is 17.4 Å². The lowest BCUT2D eigenvalue weighted by molar-refractivity contribution is -0.116. The Kier molecular flexibility index (Phi) is 6.96. The fourth-order valence-electron chi connectivity index (χ4n) is 3.91. The Balaban J connectivity index is 1.43. The Hall–Kier alpha value is -2.74. The quantitative estimate of drug-likeness (QED) is 0.573. The molecule has 1 aromatic carbocycles. The number of nitrogens with zero attached hydrogens (tertiary/aromatic N) is 3. The SMILES string of the molecule is Cc1nn(-c2ccccc2)c(C)c1/C=C/C(=O)NCC(c1cccs1)N1CCOCC1. The zero-order valence-electron chi connectivity index (χ0n) is 18.0. The number of rotatable bonds is 7. The smallest absolute Gasteiger partial charge is 0.244 e. The first-order valence-corrected chi connectivity index (χ1v) is 11.4. The number of nitrogens with one attached hydrogen (secondary N) is 1. The number of aryl methyl sites for hydroxylation is 1. The van der Waals surface area contributed by atoms with Gasteiger partial charge in [-0.25, -0.2) is 4.68 Å². The van der Waals surface area contributed by atoms with E-state index in [1.807, 2.05) is 54.9 Å². The van der Waals surface area contributed by atoms with Crippen LogP contribution in [0.4, 0.5) is 0 Å². The van der Waals surface area contributed by atoms with Crippen LogP contribution in [0.25, 0.3) is 11.8 Å². The number of carbonyl (C=O) groups is 1. The van der Waals surface area contributed by atoms with Crippen LogP contribution in [0.1, 0.15) is 27.9 Å². The van der Waals surface area contributed by atoms with E-state index >= 15 is 0 Å². The number of benzene rings is 1. The van der Waals surface area contributed by atoms with Gasteiger partial charge in [0.05, 0.1) is 30.6 Å². The predicted octanol–water partition coefficient (Wildman–Crippen LogP) is 3.75. The summed E-state index contributed by atoms with van der Waals surface area (Å²) >= 11 is 1.73. The molecule has 1 amide bonds. The van der Waals surface area contributed by atoms with Crippen LogP contribution in [0.5, 0.6) is 0 Å². The minimum absolute atomic E-state index is 0.0962. The second-order valence-electron chi connectivity index (χ2n) is 7.59. The van der Waals surface area contributed by atoms with Crippen molar-refractivity contribution in [2.75, 3.05) is 32.8 Å². The summed E-state index contributed by atoms with van der Waals surface area (Å²) < 4.78 is 7.41. The molecule has 0 spiro atoms. The molecule has 1 aliphatic rings. The molecular formula is C24H28N4O2S. The van der Waals surface area contributed by atoms with Crippen LogP contribution in [0.3, 0.4) is 0 Å². The average molecular weight is 437 g/mol. The third kappa shape index (κ3) is 5.12. The van der Waals surface area contributed by atoms with Crippen LogP contribution in [0.2, 0.25) is 0 Å². The summed E-state index contributed by atoms with van der Waals surface area (Å²) in [6, 6.07) is 14.4. The van der Waals surface area contributed by atoms with Crippen molar-refractivity contribution in [2.24, 2.45) is 0 Å². The molecule has 1 fully saturated rings. The number of aromatic nitrogens is 2. The Morgan fingerprint density at radius 3 is 2.68 bits per heavy atom. The highest BCUT2D eigenvalue weighted by Crippen LogP contribution is 2.25. The number of morpholine rings is 1. The summed E-state index contributed by atoms with van der Waals surface area (Å²) in [5.74, 6) is -0.0962. The van der Waals surface area contributed by atoms with Gasteiger partial charge in [-0.2, -0.15) is 5.10 Å². The molecule has 0 aliphatic carbocycles. The molecule has 1 atom stereocenters. The van der Waals surface area contributed by atoms with Crippen molar-refractivity contribution in [3.63, 3.8) is 0 Å². The largest absolute Gasteiger partial charge is 0.379 e. The first-order valence-electron chi connectivity index (χ1n) is 10.6. The summed E-state index contributed by atoms with van der Waals surface area (Å²) in [5.41, 5.74) is 3.89. The predicted molar refractivity (Wildman–Crippen MR) is 125 cm³/mol.